The second-order valence-corrected chi connectivity index (χ2v) is 11.4. The molecule has 3 aromatic rings. The van der Waals surface area contributed by atoms with Gasteiger partial charge in [-0.25, -0.2) is 8.42 Å². The topological polar surface area (TPSA) is 82.7 Å². The zero-order chi connectivity index (χ0) is 23.9. The van der Waals surface area contributed by atoms with E-state index in [1.165, 1.54) is 15.3 Å². The van der Waals surface area contributed by atoms with E-state index in [-0.39, 0.29) is 23.0 Å². The van der Waals surface area contributed by atoms with E-state index in [9.17, 15) is 13.2 Å². The molecule has 0 aliphatic carbocycles. The number of benzene rings is 2. The Bertz CT molecular complexity index is 1270. The maximum Gasteiger partial charge on any atom is 0.253 e. The first kappa shape index (κ1) is 23.1. The van der Waals surface area contributed by atoms with E-state index in [2.05, 4.69) is 29.4 Å². The van der Waals surface area contributed by atoms with Crippen LogP contribution in [0.5, 0.6) is 0 Å². The van der Waals surface area contributed by atoms with E-state index in [1.807, 2.05) is 24.8 Å². The third-order valence-corrected chi connectivity index (χ3v) is 8.81. The summed E-state index contributed by atoms with van der Waals surface area (Å²) in [5, 5.41) is 1.26. The zero-order valence-electron chi connectivity index (χ0n) is 19.6. The minimum Gasteiger partial charge on any atom is -0.373 e. The van der Waals surface area contributed by atoms with Gasteiger partial charge in [0, 0.05) is 48.8 Å². The summed E-state index contributed by atoms with van der Waals surface area (Å²) in [5.74, 6) is 0.376. The number of carbonyl (C=O) groups excluding carboxylic acids is 1. The Kier molecular flexibility index (Phi) is 6.22. The summed E-state index contributed by atoms with van der Waals surface area (Å²) in [5.41, 5.74) is 2.99. The largest absolute Gasteiger partial charge is 0.373 e. The predicted molar refractivity (Wildman–Crippen MR) is 131 cm³/mol. The third-order valence-electron chi connectivity index (χ3n) is 6.97. The van der Waals surface area contributed by atoms with Crippen molar-refractivity contribution in [1.29, 1.82) is 0 Å². The number of fused-ring (bicyclic) bond motifs is 1. The van der Waals surface area contributed by atoms with Crippen LogP contribution in [0.25, 0.3) is 10.9 Å². The Balaban J connectivity index is 1.24. The van der Waals surface area contributed by atoms with Crippen molar-refractivity contribution in [3.63, 3.8) is 0 Å². The molecule has 2 fully saturated rings. The first-order chi connectivity index (χ1) is 16.3. The van der Waals surface area contributed by atoms with E-state index >= 15 is 0 Å². The lowest BCUT2D eigenvalue weighted by Gasteiger charge is -2.34. The van der Waals surface area contributed by atoms with Gasteiger partial charge >= 0.3 is 0 Å². The van der Waals surface area contributed by atoms with Gasteiger partial charge in [0.05, 0.1) is 17.1 Å². The first-order valence-corrected chi connectivity index (χ1v) is 13.4. The Hall–Kier alpha value is -2.68. The molecule has 5 rings (SSSR count). The zero-order valence-corrected chi connectivity index (χ0v) is 20.4. The Morgan fingerprint density at radius 3 is 2.29 bits per heavy atom. The van der Waals surface area contributed by atoms with Crippen LogP contribution in [0.3, 0.4) is 0 Å². The van der Waals surface area contributed by atoms with Crippen LogP contribution in [0.15, 0.2) is 59.6 Å². The number of nitrogens with zero attached hydrogens (tertiary/aromatic N) is 2. The van der Waals surface area contributed by atoms with Crippen molar-refractivity contribution in [1.82, 2.24) is 14.2 Å². The number of carbonyl (C=O) groups is 1. The Morgan fingerprint density at radius 1 is 0.971 bits per heavy atom. The van der Waals surface area contributed by atoms with Crippen LogP contribution >= 0.6 is 0 Å². The van der Waals surface area contributed by atoms with E-state index in [0.717, 1.165) is 18.4 Å². The van der Waals surface area contributed by atoms with E-state index in [0.29, 0.717) is 37.7 Å². The minimum atomic E-state index is -3.62. The maximum atomic E-state index is 13.1. The summed E-state index contributed by atoms with van der Waals surface area (Å²) in [6.45, 7) is 5.79. The molecule has 8 heteroatoms. The highest BCUT2D eigenvalue weighted by molar-refractivity contribution is 7.89. The van der Waals surface area contributed by atoms with Gasteiger partial charge in [0.2, 0.25) is 10.0 Å². The number of ether oxygens (including phenoxy) is 1. The fraction of sp³-hybridized carbons (Fsp3) is 0.423. The molecule has 2 aliphatic heterocycles. The molecular weight excluding hydrogens is 450 g/mol. The summed E-state index contributed by atoms with van der Waals surface area (Å²) in [6.07, 6.45) is 3.63. The number of sulfonamides is 1. The van der Waals surface area contributed by atoms with E-state index < -0.39 is 10.0 Å². The highest BCUT2D eigenvalue weighted by Crippen LogP contribution is 2.33. The molecule has 3 heterocycles. The number of amides is 1. The SMILES string of the molecule is C[C@H]1CN(S(=O)(=O)c2ccc(C(=O)N3CCC(c4c[nH]c5ccccc45)CC3)cc2)C[C@H](C)O1. The van der Waals surface area contributed by atoms with Gasteiger partial charge < -0.3 is 14.6 Å². The first-order valence-electron chi connectivity index (χ1n) is 11.9. The van der Waals surface area contributed by atoms with Gasteiger partial charge in [-0.05, 0) is 68.5 Å². The molecule has 7 nitrogen and oxygen atoms in total. The van der Waals surface area contributed by atoms with E-state index in [4.69, 9.17) is 4.74 Å². The van der Waals surface area contributed by atoms with Crippen LogP contribution in [0.1, 0.15) is 48.5 Å². The standard InChI is InChI=1S/C26H31N3O4S/c1-18-16-29(17-19(2)33-18)34(31,32)22-9-7-21(8-10-22)26(30)28-13-11-20(12-14-28)24-15-27-25-6-4-3-5-23(24)25/h3-10,15,18-20,27H,11-14,16-17H2,1-2H3/t18-,19-/m0/s1. The number of morpholine rings is 1. The molecule has 2 aromatic carbocycles. The quantitative estimate of drug-likeness (QED) is 0.611. The molecule has 0 saturated carbocycles. The van der Waals surface area contributed by atoms with Gasteiger partial charge in [-0.15, -0.1) is 0 Å². The van der Waals surface area contributed by atoms with Crippen molar-refractivity contribution < 1.29 is 17.9 Å². The molecule has 34 heavy (non-hydrogen) atoms. The number of likely N-dealkylation sites (tertiary alicyclic amines) is 1. The normalized spacial score (nSPS) is 22.8. The fourth-order valence-corrected chi connectivity index (χ4v) is 6.84. The van der Waals surface area contributed by atoms with Gasteiger partial charge in [0.1, 0.15) is 0 Å². The van der Waals surface area contributed by atoms with Crippen LogP contribution < -0.4 is 0 Å². The number of hydrogen-bond donors (Lipinski definition) is 1. The summed E-state index contributed by atoms with van der Waals surface area (Å²) in [7, 11) is -3.62. The molecule has 1 aromatic heterocycles. The number of aromatic nitrogens is 1. The monoisotopic (exact) mass is 481 g/mol. The highest BCUT2D eigenvalue weighted by Gasteiger charge is 2.32. The van der Waals surface area contributed by atoms with Gasteiger partial charge in [-0.2, -0.15) is 4.31 Å². The molecular formula is C26H31N3O4S. The van der Waals surface area contributed by atoms with Gasteiger partial charge in [-0.1, -0.05) is 18.2 Å². The lowest BCUT2D eigenvalue weighted by molar-refractivity contribution is -0.0440. The van der Waals surface area contributed by atoms with Crippen molar-refractivity contribution in [2.24, 2.45) is 0 Å². The number of piperidine rings is 1. The Morgan fingerprint density at radius 2 is 1.62 bits per heavy atom. The number of para-hydroxylation sites is 1. The molecule has 180 valence electrons. The average molecular weight is 482 g/mol. The van der Waals surface area contributed by atoms with Crippen LogP contribution in [0, 0.1) is 0 Å². The molecule has 0 radical (unpaired) electrons. The van der Waals surface area contributed by atoms with Crippen molar-refractivity contribution in [2.75, 3.05) is 26.2 Å². The van der Waals surface area contributed by atoms with E-state index in [1.54, 1.807) is 24.3 Å². The molecule has 0 bridgehead atoms. The van der Waals surface area contributed by atoms with Gasteiger partial charge in [0.25, 0.3) is 5.91 Å². The summed E-state index contributed by atoms with van der Waals surface area (Å²) < 4.78 is 33.3. The lowest BCUT2D eigenvalue weighted by atomic mass is 9.89. The molecule has 0 unspecified atom stereocenters. The number of aromatic amines is 1. The highest BCUT2D eigenvalue weighted by atomic mass is 32.2. The van der Waals surface area contributed by atoms with Crippen molar-refractivity contribution in [3.8, 4) is 0 Å². The number of rotatable bonds is 4. The third kappa shape index (κ3) is 4.37. The van der Waals surface area contributed by atoms with Crippen LogP contribution in [0.2, 0.25) is 0 Å². The fourth-order valence-electron chi connectivity index (χ4n) is 5.25. The van der Waals surface area contributed by atoms with Crippen LogP contribution in [0.4, 0.5) is 0 Å². The molecule has 2 saturated heterocycles. The smallest absolute Gasteiger partial charge is 0.253 e. The second-order valence-electron chi connectivity index (χ2n) is 9.46. The maximum absolute atomic E-state index is 13.1. The average Bonchev–Trinajstić information content (AvgIpc) is 3.27. The summed E-state index contributed by atoms with van der Waals surface area (Å²) in [4.78, 5) is 18.5. The Labute approximate surface area is 200 Å². The van der Waals surface area contributed by atoms with Crippen molar-refractivity contribution in [2.45, 2.75) is 49.7 Å². The molecule has 1 N–H and O–H groups in total. The number of nitrogens with one attached hydrogen (secondary N) is 1. The summed E-state index contributed by atoms with van der Waals surface area (Å²) in [6, 6.07) is 14.7. The number of hydrogen-bond acceptors (Lipinski definition) is 4. The van der Waals surface area contributed by atoms with Gasteiger partial charge in [0.15, 0.2) is 0 Å². The molecule has 0 spiro atoms. The van der Waals surface area contributed by atoms with Crippen molar-refractivity contribution in [3.05, 3.63) is 65.9 Å². The van der Waals surface area contributed by atoms with Crippen molar-refractivity contribution >= 4 is 26.8 Å². The minimum absolute atomic E-state index is 0.0464. The molecule has 1 amide bonds. The lowest BCUT2D eigenvalue weighted by Crippen LogP contribution is -2.48. The van der Waals surface area contributed by atoms with Crippen LogP contribution in [-0.4, -0.2) is 66.9 Å². The van der Waals surface area contributed by atoms with Crippen LogP contribution in [-0.2, 0) is 14.8 Å². The summed E-state index contributed by atoms with van der Waals surface area (Å²) >= 11 is 0. The van der Waals surface area contributed by atoms with Gasteiger partial charge in [-0.3, -0.25) is 4.79 Å². The molecule has 2 aliphatic rings. The molecule has 2 atom stereocenters. The predicted octanol–water partition coefficient (Wildman–Crippen LogP) is 3.99. The second kappa shape index (κ2) is 9.17. The number of H-pyrrole nitrogens is 1.